The molecule has 1 aliphatic rings. The number of aromatic nitrogens is 3. The molecule has 0 atom stereocenters. The average Bonchev–Trinajstić information content (AvgIpc) is 3.38. The normalized spacial score (nSPS) is 14.1. The van der Waals surface area contributed by atoms with E-state index in [0.717, 1.165) is 30.2 Å². The Bertz CT molecular complexity index is 774. The average molecular weight is 369 g/mol. The highest BCUT2D eigenvalue weighted by molar-refractivity contribution is 5.91. The fraction of sp³-hybridized carbons (Fsp3) is 0.591. The van der Waals surface area contributed by atoms with Gasteiger partial charge in [-0.05, 0) is 42.7 Å². The second-order valence-corrected chi connectivity index (χ2v) is 8.36. The van der Waals surface area contributed by atoms with Crippen LogP contribution in [0.2, 0.25) is 0 Å². The molecule has 1 aromatic carbocycles. The molecule has 0 bridgehead atoms. The number of aryl methyl sites for hydroxylation is 2. The summed E-state index contributed by atoms with van der Waals surface area (Å²) in [5.74, 6) is 3.13. The number of hydrogen-bond donors (Lipinski definition) is 1. The van der Waals surface area contributed by atoms with E-state index in [9.17, 15) is 4.79 Å². The highest BCUT2D eigenvalue weighted by Gasteiger charge is 2.29. The van der Waals surface area contributed by atoms with E-state index < -0.39 is 0 Å². The monoisotopic (exact) mass is 368 g/mol. The molecular weight excluding hydrogens is 336 g/mol. The molecule has 1 saturated carbocycles. The smallest absolute Gasteiger partial charge is 0.224 e. The first kappa shape index (κ1) is 19.6. The third kappa shape index (κ3) is 5.18. The van der Waals surface area contributed by atoms with E-state index in [1.54, 1.807) is 0 Å². The van der Waals surface area contributed by atoms with Gasteiger partial charge in [-0.15, -0.1) is 10.2 Å². The van der Waals surface area contributed by atoms with Crippen molar-refractivity contribution in [1.82, 2.24) is 14.8 Å². The first-order chi connectivity index (χ1) is 13.0. The van der Waals surface area contributed by atoms with Gasteiger partial charge in [0.1, 0.15) is 11.6 Å². The Labute approximate surface area is 162 Å². The second kappa shape index (κ2) is 8.68. The molecule has 0 radical (unpaired) electrons. The van der Waals surface area contributed by atoms with Crippen molar-refractivity contribution in [3.63, 3.8) is 0 Å². The van der Waals surface area contributed by atoms with E-state index in [2.05, 4.69) is 53.8 Å². The SMILES string of the molecule is CC(C)CCc1nnc(CCC(=O)Nc2ccccc2C(C)C)n1C1CC1. The first-order valence-corrected chi connectivity index (χ1v) is 10.3. The molecule has 1 N–H and O–H groups in total. The third-order valence-corrected chi connectivity index (χ3v) is 5.13. The van der Waals surface area contributed by atoms with Gasteiger partial charge >= 0.3 is 0 Å². The van der Waals surface area contributed by atoms with Crippen molar-refractivity contribution in [2.75, 3.05) is 5.32 Å². The number of anilines is 1. The van der Waals surface area contributed by atoms with Crippen LogP contribution in [0, 0.1) is 5.92 Å². The molecule has 1 amide bonds. The molecule has 1 fully saturated rings. The highest BCUT2D eigenvalue weighted by atomic mass is 16.1. The van der Waals surface area contributed by atoms with Gasteiger partial charge in [0.2, 0.25) is 5.91 Å². The maximum Gasteiger partial charge on any atom is 0.224 e. The Hall–Kier alpha value is -2.17. The summed E-state index contributed by atoms with van der Waals surface area (Å²) in [6.45, 7) is 8.75. The Morgan fingerprint density at radius 3 is 2.41 bits per heavy atom. The molecule has 0 saturated heterocycles. The maximum absolute atomic E-state index is 12.5. The number of nitrogens with zero attached hydrogens (tertiary/aromatic N) is 3. The van der Waals surface area contributed by atoms with Crippen LogP contribution in [0.15, 0.2) is 24.3 Å². The zero-order valence-corrected chi connectivity index (χ0v) is 17.0. The standard InChI is InChI=1S/C22H32N4O/c1-15(2)9-12-20-24-25-21(26(20)17-10-11-17)13-14-22(27)23-19-8-6-5-7-18(19)16(3)4/h5-8,15-17H,9-14H2,1-4H3,(H,23,27). The summed E-state index contributed by atoms with van der Waals surface area (Å²) in [4.78, 5) is 12.5. The molecule has 1 aromatic heterocycles. The van der Waals surface area contributed by atoms with Crippen LogP contribution in [-0.2, 0) is 17.6 Å². The number of carbonyl (C=O) groups is 1. The molecule has 3 rings (SSSR count). The molecule has 5 heteroatoms. The van der Waals surface area contributed by atoms with Crippen molar-refractivity contribution < 1.29 is 4.79 Å². The van der Waals surface area contributed by atoms with E-state index in [4.69, 9.17) is 0 Å². The quantitative estimate of drug-likeness (QED) is 0.685. The third-order valence-electron chi connectivity index (χ3n) is 5.13. The predicted molar refractivity (Wildman–Crippen MR) is 109 cm³/mol. The summed E-state index contributed by atoms with van der Waals surface area (Å²) < 4.78 is 2.30. The van der Waals surface area contributed by atoms with E-state index in [1.807, 2.05) is 18.2 Å². The number of rotatable bonds is 9. The van der Waals surface area contributed by atoms with Crippen molar-refractivity contribution in [3.05, 3.63) is 41.5 Å². The van der Waals surface area contributed by atoms with E-state index in [1.165, 1.54) is 18.4 Å². The number of carbonyl (C=O) groups excluding carboxylic acids is 1. The van der Waals surface area contributed by atoms with E-state index in [0.29, 0.717) is 30.7 Å². The summed E-state index contributed by atoms with van der Waals surface area (Å²) in [5, 5.41) is 11.9. The highest BCUT2D eigenvalue weighted by Crippen LogP contribution is 2.37. The number of para-hydroxylation sites is 1. The second-order valence-electron chi connectivity index (χ2n) is 8.36. The molecular formula is C22H32N4O. The van der Waals surface area contributed by atoms with Crippen LogP contribution in [0.5, 0.6) is 0 Å². The molecule has 1 aliphatic carbocycles. The van der Waals surface area contributed by atoms with Crippen LogP contribution in [0.25, 0.3) is 0 Å². The zero-order valence-electron chi connectivity index (χ0n) is 17.0. The van der Waals surface area contributed by atoms with Crippen LogP contribution in [-0.4, -0.2) is 20.7 Å². The Balaban J connectivity index is 1.62. The topological polar surface area (TPSA) is 59.8 Å². The van der Waals surface area contributed by atoms with Gasteiger partial charge in [-0.25, -0.2) is 0 Å². The van der Waals surface area contributed by atoms with Crippen molar-refractivity contribution in [3.8, 4) is 0 Å². The molecule has 2 aromatic rings. The summed E-state index contributed by atoms with van der Waals surface area (Å²) in [5.41, 5.74) is 2.08. The minimum absolute atomic E-state index is 0.0391. The van der Waals surface area contributed by atoms with Gasteiger partial charge in [0.25, 0.3) is 0 Å². The lowest BCUT2D eigenvalue weighted by atomic mass is 10.0. The molecule has 27 heavy (non-hydrogen) atoms. The van der Waals surface area contributed by atoms with Crippen LogP contribution in [0.1, 0.15) is 82.6 Å². The Morgan fingerprint density at radius 1 is 1.11 bits per heavy atom. The summed E-state index contributed by atoms with van der Waals surface area (Å²) in [6, 6.07) is 8.57. The predicted octanol–water partition coefficient (Wildman–Crippen LogP) is 4.90. The molecule has 0 aliphatic heterocycles. The van der Waals surface area contributed by atoms with Crippen LogP contribution in [0.4, 0.5) is 5.69 Å². The minimum atomic E-state index is 0.0391. The minimum Gasteiger partial charge on any atom is -0.326 e. The largest absolute Gasteiger partial charge is 0.326 e. The lowest BCUT2D eigenvalue weighted by Gasteiger charge is -2.14. The number of amides is 1. The van der Waals surface area contributed by atoms with Gasteiger partial charge in [-0.2, -0.15) is 0 Å². The molecule has 0 spiro atoms. The number of benzene rings is 1. The fourth-order valence-corrected chi connectivity index (χ4v) is 3.43. The molecule has 5 nitrogen and oxygen atoms in total. The number of hydrogen-bond acceptors (Lipinski definition) is 3. The summed E-state index contributed by atoms with van der Waals surface area (Å²) in [7, 11) is 0. The van der Waals surface area contributed by atoms with Crippen molar-refractivity contribution >= 4 is 11.6 Å². The summed E-state index contributed by atoms with van der Waals surface area (Å²) >= 11 is 0. The van der Waals surface area contributed by atoms with Gasteiger partial charge < -0.3 is 9.88 Å². The summed E-state index contributed by atoms with van der Waals surface area (Å²) in [6.07, 6.45) is 5.57. The van der Waals surface area contributed by atoms with Gasteiger partial charge in [-0.3, -0.25) is 4.79 Å². The molecule has 0 unspecified atom stereocenters. The van der Waals surface area contributed by atoms with Crippen molar-refractivity contribution in [2.45, 2.75) is 78.2 Å². The first-order valence-electron chi connectivity index (χ1n) is 10.3. The number of nitrogens with one attached hydrogen (secondary N) is 1. The van der Waals surface area contributed by atoms with Crippen molar-refractivity contribution in [1.29, 1.82) is 0 Å². The zero-order chi connectivity index (χ0) is 19.4. The van der Waals surface area contributed by atoms with Crippen LogP contribution in [0.3, 0.4) is 0 Å². The lowest BCUT2D eigenvalue weighted by Crippen LogP contribution is -2.15. The van der Waals surface area contributed by atoms with Gasteiger partial charge in [0, 0.05) is 31.0 Å². The molecule has 146 valence electrons. The fourth-order valence-electron chi connectivity index (χ4n) is 3.43. The van der Waals surface area contributed by atoms with Crippen LogP contribution >= 0.6 is 0 Å². The van der Waals surface area contributed by atoms with Gasteiger partial charge in [0.05, 0.1) is 0 Å². The molecule has 1 heterocycles. The van der Waals surface area contributed by atoms with Crippen LogP contribution < -0.4 is 5.32 Å². The van der Waals surface area contributed by atoms with E-state index >= 15 is 0 Å². The maximum atomic E-state index is 12.5. The lowest BCUT2D eigenvalue weighted by molar-refractivity contribution is -0.116. The Kier molecular flexibility index (Phi) is 6.30. The van der Waals surface area contributed by atoms with Gasteiger partial charge in [-0.1, -0.05) is 45.9 Å². The Morgan fingerprint density at radius 2 is 1.78 bits per heavy atom. The van der Waals surface area contributed by atoms with Crippen molar-refractivity contribution in [2.24, 2.45) is 5.92 Å². The van der Waals surface area contributed by atoms with Gasteiger partial charge in [0.15, 0.2) is 0 Å². The van der Waals surface area contributed by atoms with E-state index in [-0.39, 0.29) is 5.91 Å².